The summed E-state index contributed by atoms with van der Waals surface area (Å²) < 4.78 is 68.3. The maximum absolute atomic E-state index is 13.1. The Kier molecular flexibility index (Phi) is 66.6. The molecule has 96 heavy (non-hydrogen) atoms. The minimum atomic E-state index is -4.98. The van der Waals surface area contributed by atoms with Crippen LogP contribution in [0.4, 0.5) is 0 Å². The smallest absolute Gasteiger partial charge is 0.462 e. The molecule has 3 N–H and O–H groups in total. The number of hydrogen-bond acceptors (Lipinski definition) is 15. The van der Waals surface area contributed by atoms with Gasteiger partial charge < -0.3 is 33.8 Å². The van der Waals surface area contributed by atoms with Crippen LogP contribution in [0.1, 0.15) is 310 Å². The van der Waals surface area contributed by atoms with E-state index < -0.39 is 97.5 Å². The first-order chi connectivity index (χ1) is 46.7. The number of unbranched alkanes of at least 4 members (excludes halogenated alkanes) is 28. The Morgan fingerprint density at radius 1 is 0.302 bits per heavy atom. The number of esters is 4. The van der Waals surface area contributed by atoms with Crippen molar-refractivity contribution in [1.82, 2.24) is 0 Å². The molecule has 0 spiro atoms. The van der Waals surface area contributed by atoms with E-state index in [2.05, 4.69) is 125 Å². The van der Waals surface area contributed by atoms with E-state index in [0.29, 0.717) is 25.7 Å². The highest BCUT2D eigenvalue weighted by atomic mass is 31.2. The van der Waals surface area contributed by atoms with Crippen molar-refractivity contribution in [2.24, 2.45) is 0 Å². The molecule has 0 amide bonds. The fourth-order valence-electron chi connectivity index (χ4n) is 9.75. The molecule has 19 heteroatoms. The van der Waals surface area contributed by atoms with Crippen LogP contribution in [0.25, 0.3) is 0 Å². The summed E-state index contributed by atoms with van der Waals surface area (Å²) in [7, 11) is -9.95. The lowest BCUT2D eigenvalue weighted by atomic mass is 10.1. The van der Waals surface area contributed by atoms with Gasteiger partial charge in [0, 0.05) is 25.7 Å². The highest BCUT2D eigenvalue weighted by Crippen LogP contribution is 2.45. The molecule has 0 aliphatic carbocycles. The van der Waals surface area contributed by atoms with Crippen molar-refractivity contribution in [3.05, 3.63) is 97.2 Å². The van der Waals surface area contributed by atoms with E-state index >= 15 is 0 Å². The molecule has 0 aromatic carbocycles. The first kappa shape index (κ1) is 92.0. The standard InChI is InChI=1S/C77H134O17P2/c1-5-9-13-17-21-25-29-32-34-35-37-40-43-46-50-54-58-62-75(80)88-68-73(94-77(82)64-60-56-52-48-44-38-31-27-23-19-15-11-7-3)70-92-96(85,86)90-66-71(78)65-89-95(83,84)91-69-72(93-76(81)63-59-55-51-47-41-28-24-20-16-12-8-4)67-87-74(79)61-57-53-49-45-42-39-36-33-30-26-22-18-14-10-6-2/h9,13,15,19-21,24-25,27,31-34,36-37,40,71-73,78H,5-8,10-12,14,16-18,22-23,26,28-30,35,38-39,41-70H2,1-4H3,(H,83,84)(H,85,86)/b13-9-,19-15-,24-20-,25-21-,31-27-,34-32-,36-33-,40-37-. The van der Waals surface area contributed by atoms with Crippen LogP contribution in [0.15, 0.2) is 97.2 Å². The Labute approximate surface area is 582 Å². The van der Waals surface area contributed by atoms with Gasteiger partial charge in [-0.15, -0.1) is 0 Å². The van der Waals surface area contributed by atoms with Crippen LogP contribution < -0.4 is 0 Å². The molecule has 0 saturated carbocycles. The molecule has 0 aromatic heterocycles. The highest BCUT2D eigenvalue weighted by molar-refractivity contribution is 7.47. The van der Waals surface area contributed by atoms with Crippen LogP contribution in [0.5, 0.6) is 0 Å². The zero-order chi connectivity index (χ0) is 70.4. The molecule has 0 radical (unpaired) electrons. The number of hydrogen-bond donors (Lipinski definition) is 3. The molecule has 5 unspecified atom stereocenters. The van der Waals surface area contributed by atoms with E-state index in [1.807, 2.05) is 0 Å². The molecule has 5 atom stereocenters. The molecular weight excluding hydrogens is 1260 g/mol. The van der Waals surface area contributed by atoms with E-state index in [0.717, 1.165) is 180 Å². The van der Waals surface area contributed by atoms with Crippen molar-refractivity contribution in [3.63, 3.8) is 0 Å². The van der Waals surface area contributed by atoms with E-state index in [9.17, 15) is 43.2 Å². The summed E-state index contributed by atoms with van der Waals surface area (Å²) in [5, 5.41) is 10.6. The van der Waals surface area contributed by atoms with Gasteiger partial charge in [-0.25, -0.2) is 9.13 Å². The van der Waals surface area contributed by atoms with Crippen LogP contribution in [0.2, 0.25) is 0 Å². The predicted molar refractivity (Wildman–Crippen MR) is 390 cm³/mol. The third kappa shape index (κ3) is 68.5. The van der Waals surface area contributed by atoms with Crippen LogP contribution in [0, 0.1) is 0 Å². The summed E-state index contributed by atoms with van der Waals surface area (Å²) >= 11 is 0. The van der Waals surface area contributed by atoms with E-state index in [1.165, 1.54) is 51.4 Å². The molecule has 0 aliphatic heterocycles. The number of phosphoric ester groups is 2. The Hall–Kier alpha value is -4.02. The third-order valence-corrected chi connectivity index (χ3v) is 17.4. The fourth-order valence-corrected chi connectivity index (χ4v) is 11.3. The van der Waals surface area contributed by atoms with Crippen molar-refractivity contribution in [2.45, 2.75) is 329 Å². The lowest BCUT2D eigenvalue weighted by Crippen LogP contribution is -2.30. The van der Waals surface area contributed by atoms with Crippen molar-refractivity contribution < 1.29 is 80.2 Å². The molecule has 0 rings (SSSR count). The van der Waals surface area contributed by atoms with Crippen LogP contribution in [-0.4, -0.2) is 96.7 Å². The van der Waals surface area contributed by atoms with Gasteiger partial charge in [0.1, 0.15) is 19.3 Å². The molecule has 0 aromatic rings. The zero-order valence-electron chi connectivity index (χ0n) is 60.3. The lowest BCUT2D eigenvalue weighted by Gasteiger charge is -2.21. The molecule has 0 bridgehead atoms. The van der Waals surface area contributed by atoms with Gasteiger partial charge in [-0.1, -0.05) is 247 Å². The predicted octanol–water partition coefficient (Wildman–Crippen LogP) is 21.2. The minimum Gasteiger partial charge on any atom is -0.462 e. The van der Waals surface area contributed by atoms with Crippen molar-refractivity contribution in [3.8, 4) is 0 Å². The minimum absolute atomic E-state index is 0.0723. The number of rotatable bonds is 70. The lowest BCUT2D eigenvalue weighted by molar-refractivity contribution is -0.161. The van der Waals surface area contributed by atoms with Gasteiger partial charge in [0.05, 0.1) is 26.4 Å². The Balaban J connectivity index is 5.34. The summed E-state index contributed by atoms with van der Waals surface area (Å²) in [6, 6.07) is 0. The Morgan fingerprint density at radius 2 is 0.573 bits per heavy atom. The highest BCUT2D eigenvalue weighted by Gasteiger charge is 2.30. The summed E-state index contributed by atoms with van der Waals surface area (Å²) in [5.74, 6) is -2.23. The van der Waals surface area contributed by atoms with Crippen molar-refractivity contribution in [2.75, 3.05) is 39.6 Å². The summed E-state index contributed by atoms with van der Waals surface area (Å²) in [6.45, 7) is 4.60. The number of aliphatic hydroxyl groups excluding tert-OH is 1. The van der Waals surface area contributed by atoms with Gasteiger partial charge in [0.2, 0.25) is 0 Å². The maximum Gasteiger partial charge on any atom is 0.472 e. The summed E-state index contributed by atoms with van der Waals surface area (Å²) in [5.41, 5.74) is 0. The Bertz CT molecular complexity index is 2200. The van der Waals surface area contributed by atoms with Gasteiger partial charge in [-0.3, -0.25) is 37.3 Å². The average molecular weight is 1390 g/mol. The normalized spacial score (nSPS) is 14.5. The summed E-state index contributed by atoms with van der Waals surface area (Å²) in [4.78, 5) is 72.7. The number of carbonyl (C=O) groups is 4. The second kappa shape index (κ2) is 69.5. The quantitative estimate of drug-likeness (QED) is 0.0169. The van der Waals surface area contributed by atoms with Crippen molar-refractivity contribution >= 4 is 39.5 Å². The fraction of sp³-hybridized carbons (Fsp3) is 0.740. The number of carbonyl (C=O) groups excluding carboxylic acids is 4. The van der Waals surface area contributed by atoms with E-state index in [-0.39, 0.29) is 25.7 Å². The van der Waals surface area contributed by atoms with Crippen LogP contribution in [0.3, 0.4) is 0 Å². The first-order valence-corrected chi connectivity index (χ1v) is 40.5. The van der Waals surface area contributed by atoms with Crippen LogP contribution in [-0.2, 0) is 65.4 Å². The topological polar surface area (TPSA) is 237 Å². The molecule has 0 aliphatic rings. The molecule has 0 fully saturated rings. The first-order valence-electron chi connectivity index (χ1n) is 37.5. The second-order valence-corrected chi connectivity index (χ2v) is 27.8. The number of phosphoric acid groups is 2. The van der Waals surface area contributed by atoms with Gasteiger partial charge in [-0.05, 0) is 135 Å². The summed E-state index contributed by atoms with van der Waals surface area (Å²) in [6.07, 6.45) is 71.2. The van der Waals surface area contributed by atoms with E-state index in [4.69, 9.17) is 37.0 Å². The second-order valence-electron chi connectivity index (χ2n) is 24.8. The SMILES string of the molecule is CC/C=C\C/C=C\C/C=C\C/C=C\CCCCCCC(=O)OCC(COP(=O)(O)OCC(O)COP(=O)(O)OCC(COC(=O)CCCCCCC/C=C\CCCCCCCC)OC(=O)CCCCCCC/C=C\CCCC)OC(=O)CCCCCCC/C=C\C/C=C\CCC. The Morgan fingerprint density at radius 3 is 0.917 bits per heavy atom. The zero-order valence-corrected chi connectivity index (χ0v) is 62.1. The molecule has 0 heterocycles. The number of ether oxygens (including phenoxy) is 4. The van der Waals surface area contributed by atoms with E-state index in [1.54, 1.807) is 0 Å². The maximum atomic E-state index is 13.1. The van der Waals surface area contributed by atoms with Gasteiger partial charge >= 0.3 is 39.5 Å². The monoisotopic (exact) mass is 1390 g/mol. The van der Waals surface area contributed by atoms with Gasteiger partial charge in [-0.2, -0.15) is 0 Å². The van der Waals surface area contributed by atoms with Gasteiger partial charge in [0.25, 0.3) is 0 Å². The van der Waals surface area contributed by atoms with Gasteiger partial charge in [0.15, 0.2) is 12.2 Å². The number of allylic oxidation sites excluding steroid dienone is 16. The molecule has 0 saturated heterocycles. The van der Waals surface area contributed by atoms with Crippen LogP contribution >= 0.6 is 15.6 Å². The molecular formula is C77H134O17P2. The largest absolute Gasteiger partial charge is 0.472 e. The third-order valence-electron chi connectivity index (χ3n) is 15.5. The molecule has 17 nitrogen and oxygen atoms in total. The average Bonchev–Trinajstić information content (AvgIpc) is 1.17. The number of aliphatic hydroxyl groups is 1. The van der Waals surface area contributed by atoms with Crippen molar-refractivity contribution in [1.29, 1.82) is 0 Å². The molecule has 554 valence electrons.